The summed E-state index contributed by atoms with van der Waals surface area (Å²) in [5.74, 6) is 2.63. The molecule has 1 amide bonds. The number of nitrogens with zero attached hydrogens (tertiary/aromatic N) is 2. The minimum Gasteiger partial charge on any atom is -0.497 e. The zero-order valence-electron chi connectivity index (χ0n) is 19.0. The van der Waals surface area contributed by atoms with Gasteiger partial charge in [-0.05, 0) is 49.2 Å². The summed E-state index contributed by atoms with van der Waals surface area (Å²) in [6.07, 6.45) is 1.21. The van der Waals surface area contributed by atoms with Gasteiger partial charge in [-0.15, -0.1) is 0 Å². The smallest absolute Gasteiger partial charge is 0.410 e. The van der Waals surface area contributed by atoms with Crippen LogP contribution in [0.25, 0.3) is 0 Å². The molecule has 3 heterocycles. The second kappa shape index (κ2) is 10.6. The molecular formula is C24H30N2O7. The van der Waals surface area contributed by atoms with Gasteiger partial charge in [0.05, 0.1) is 20.2 Å². The van der Waals surface area contributed by atoms with Crippen LogP contribution in [-0.4, -0.2) is 67.4 Å². The van der Waals surface area contributed by atoms with Gasteiger partial charge < -0.3 is 28.3 Å². The zero-order chi connectivity index (χ0) is 23.2. The van der Waals surface area contributed by atoms with E-state index >= 15 is 0 Å². The van der Waals surface area contributed by atoms with Crippen molar-refractivity contribution in [1.29, 1.82) is 0 Å². The number of amides is 1. The summed E-state index contributed by atoms with van der Waals surface area (Å²) >= 11 is 0. The van der Waals surface area contributed by atoms with Crippen molar-refractivity contribution in [2.45, 2.75) is 45.1 Å². The SMILES string of the molecule is COc1ccc(OCC2CN(C3CCN(Cc4ccc(COC(C)=O)o4)CC3)C(=O)O2)cc1. The van der Waals surface area contributed by atoms with Crippen LogP contribution in [-0.2, 0) is 27.4 Å². The number of furan rings is 1. The van der Waals surface area contributed by atoms with Crippen LogP contribution in [0, 0.1) is 0 Å². The van der Waals surface area contributed by atoms with Crippen LogP contribution in [0.5, 0.6) is 11.5 Å². The molecular weight excluding hydrogens is 428 g/mol. The number of hydrogen-bond acceptors (Lipinski definition) is 8. The predicted octanol–water partition coefficient (Wildman–Crippen LogP) is 3.22. The molecule has 4 rings (SSSR count). The number of cyclic esters (lactones) is 1. The Labute approximate surface area is 193 Å². The summed E-state index contributed by atoms with van der Waals surface area (Å²) in [4.78, 5) is 27.5. The average Bonchev–Trinajstić information content (AvgIpc) is 3.43. The van der Waals surface area contributed by atoms with E-state index in [2.05, 4.69) is 4.90 Å². The predicted molar refractivity (Wildman–Crippen MR) is 118 cm³/mol. The van der Waals surface area contributed by atoms with E-state index in [9.17, 15) is 9.59 Å². The monoisotopic (exact) mass is 458 g/mol. The minimum atomic E-state index is -0.329. The van der Waals surface area contributed by atoms with Gasteiger partial charge in [-0.1, -0.05) is 0 Å². The molecule has 1 unspecified atom stereocenters. The molecule has 2 aromatic rings. The van der Waals surface area contributed by atoms with Crippen LogP contribution >= 0.6 is 0 Å². The molecule has 1 aromatic heterocycles. The van der Waals surface area contributed by atoms with Crippen LogP contribution in [0.1, 0.15) is 31.3 Å². The molecule has 9 nitrogen and oxygen atoms in total. The Balaban J connectivity index is 1.20. The largest absolute Gasteiger partial charge is 0.497 e. The highest BCUT2D eigenvalue weighted by molar-refractivity contribution is 5.70. The number of carbonyl (C=O) groups excluding carboxylic acids is 2. The molecule has 1 aromatic carbocycles. The summed E-state index contributed by atoms with van der Waals surface area (Å²) in [6, 6.07) is 11.2. The van der Waals surface area contributed by atoms with Gasteiger partial charge >= 0.3 is 12.1 Å². The third-order valence-electron chi connectivity index (χ3n) is 5.91. The summed E-state index contributed by atoms with van der Waals surface area (Å²) in [5.41, 5.74) is 0. The van der Waals surface area contributed by atoms with E-state index in [1.165, 1.54) is 6.92 Å². The van der Waals surface area contributed by atoms with E-state index in [4.69, 9.17) is 23.4 Å². The molecule has 1 atom stereocenters. The minimum absolute atomic E-state index is 0.151. The first-order valence-electron chi connectivity index (χ1n) is 11.2. The molecule has 2 fully saturated rings. The van der Waals surface area contributed by atoms with E-state index < -0.39 is 0 Å². The van der Waals surface area contributed by atoms with Gasteiger partial charge in [0.2, 0.25) is 0 Å². The van der Waals surface area contributed by atoms with Crippen LogP contribution in [0.2, 0.25) is 0 Å². The first kappa shape index (κ1) is 23.0. The lowest BCUT2D eigenvalue weighted by atomic mass is 10.0. The summed E-state index contributed by atoms with van der Waals surface area (Å²) in [6.45, 7) is 4.80. The normalized spacial score (nSPS) is 19.4. The fourth-order valence-corrected chi connectivity index (χ4v) is 4.15. The maximum absolute atomic E-state index is 12.4. The fourth-order valence-electron chi connectivity index (χ4n) is 4.15. The molecule has 33 heavy (non-hydrogen) atoms. The summed E-state index contributed by atoms with van der Waals surface area (Å²) in [5, 5.41) is 0. The quantitative estimate of drug-likeness (QED) is 0.529. The van der Waals surface area contributed by atoms with Gasteiger partial charge in [-0.25, -0.2) is 4.79 Å². The Morgan fingerprint density at radius 1 is 1.06 bits per heavy atom. The van der Waals surface area contributed by atoms with Crippen molar-refractivity contribution < 1.29 is 33.0 Å². The highest BCUT2D eigenvalue weighted by Crippen LogP contribution is 2.25. The second-order valence-electron chi connectivity index (χ2n) is 8.30. The number of benzene rings is 1. The van der Waals surface area contributed by atoms with Gasteiger partial charge in [0, 0.05) is 26.1 Å². The lowest BCUT2D eigenvalue weighted by molar-refractivity contribution is -0.142. The van der Waals surface area contributed by atoms with E-state index in [0.717, 1.165) is 37.4 Å². The zero-order valence-corrected chi connectivity index (χ0v) is 19.0. The van der Waals surface area contributed by atoms with Gasteiger partial charge in [-0.2, -0.15) is 0 Å². The summed E-state index contributed by atoms with van der Waals surface area (Å²) in [7, 11) is 1.62. The Hall–Kier alpha value is -3.20. The van der Waals surface area contributed by atoms with Gasteiger partial charge in [0.25, 0.3) is 0 Å². The number of carbonyl (C=O) groups is 2. The Kier molecular flexibility index (Phi) is 7.39. The molecule has 0 N–H and O–H groups in total. The van der Waals surface area contributed by atoms with Gasteiger partial charge in [0.15, 0.2) is 6.10 Å². The molecule has 178 valence electrons. The first-order valence-corrected chi connectivity index (χ1v) is 11.2. The number of likely N-dealkylation sites (tertiary alicyclic amines) is 1. The van der Waals surface area contributed by atoms with Crippen molar-refractivity contribution in [3.63, 3.8) is 0 Å². The molecule has 2 saturated heterocycles. The highest BCUT2D eigenvalue weighted by atomic mass is 16.6. The summed E-state index contributed by atoms with van der Waals surface area (Å²) < 4.78 is 27.2. The number of methoxy groups -OCH3 is 1. The fraction of sp³-hybridized carbons (Fsp3) is 0.500. The van der Waals surface area contributed by atoms with Crippen molar-refractivity contribution in [3.05, 3.63) is 47.9 Å². The maximum Gasteiger partial charge on any atom is 0.410 e. The van der Waals surface area contributed by atoms with Crippen LogP contribution in [0.3, 0.4) is 0 Å². The molecule has 0 saturated carbocycles. The van der Waals surface area contributed by atoms with E-state index in [1.54, 1.807) is 7.11 Å². The lowest BCUT2D eigenvalue weighted by Gasteiger charge is -2.35. The van der Waals surface area contributed by atoms with E-state index in [-0.39, 0.29) is 30.8 Å². The number of hydrogen-bond donors (Lipinski definition) is 0. The molecule has 0 bridgehead atoms. The highest BCUT2D eigenvalue weighted by Gasteiger charge is 2.37. The van der Waals surface area contributed by atoms with Crippen molar-refractivity contribution in [2.24, 2.45) is 0 Å². The van der Waals surface area contributed by atoms with Crippen molar-refractivity contribution in [1.82, 2.24) is 9.80 Å². The topological polar surface area (TPSA) is 90.7 Å². The van der Waals surface area contributed by atoms with Crippen LogP contribution in [0.4, 0.5) is 4.79 Å². The number of ether oxygens (including phenoxy) is 4. The van der Waals surface area contributed by atoms with Gasteiger partial charge in [-0.3, -0.25) is 9.69 Å². The number of rotatable bonds is 9. The number of esters is 1. The molecule has 0 aliphatic carbocycles. The van der Waals surface area contributed by atoms with E-state index in [1.807, 2.05) is 41.3 Å². The second-order valence-corrected chi connectivity index (χ2v) is 8.30. The standard InChI is InChI=1S/C24H30N2O7/c1-17(27)30-15-22-8-7-21(32-22)13-25-11-9-18(10-12-25)26-14-23(33-24(26)28)16-31-20-5-3-19(29-2)4-6-20/h3-8,18,23H,9-16H2,1-2H3. The Bertz CT molecular complexity index is 935. The van der Waals surface area contributed by atoms with E-state index in [0.29, 0.717) is 31.2 Å². The average molecular weight is 459 g/mol. The third kappa shape index (κ3) is 6.19. The van der Waals surface area contributed by atoms with Crippen molar-refractivity contribution >= 4 is 12.1 Å². The Morgan fingerprint density at radius 3 is 2.45 bits per heavy atom. The molecule has 9 heteroatoms. The van der Waals surface area contributed by atoms with Crippen molar-refractivity contribution in [2.75, 3.05) is 33.4 Å². The first-order chi connectivity index (χ1) is 16.0. The van der Waals surface area contributed by atoms with Crippen LogP contribution < -0.4 is 9.47 Å². The van der Waals surface area contributed by atoms with Crippen molar-refractivity contribution in [3.8, 4) is 11.5 Å². The maximum atomic E-state index is 12.4. The third-order valence-corrected chi connectivity index (χ3v) is 5.91. The number of piperidine rings is 1. The van der Waals surface area contributed by atoms with Gasteiger partial charge in [0.1, 0.15) is 36.2 Å². The lowest BCUT2D eigenvalue weighted by Crippen LogP contribution is -2.45. The molecule has 0 spiro atoms. The van der Waals surface area contributed by atoms with Crippen LogP contribution in [0.15, 0.2) is 40.8 Å². The Morgan fingerprint density at radius 2 is 1.76 bits per heavy atom. The molecule has 2 aliphatic rings. The molecule has 2 aliphatic heterocycles. The molecule has 0 radical (unpaired) electrons.